The van der Waals surface area contributed by atoms with Gasteiger partial charge in [-0.1, -0.05) is 19.1 Å². The van der Waals surface area contributed by atoms with E-state index in [0.717, 1.165) is 34.6 Å². The summed E-state index contributed by atoms with van der Waals surface area (Å²) in [6.07, 6.45) is 0.728. The lowest BCUT2D eigenvalue weighted by molar-refractivity contribution is 0.0592. The van der Waals surface area contributed by atoms with Gasteiger partial charge in [-0.2, -0.15) is 5.10 Å². The molecule has 1 amide bonds. The minimum Gasteiger partial charge on any atom is -0.361 e. The number of aryl methyl sites for hydroxylation is 2. The molecule has 1 N–H and O–H groups in total. The van der Waals surface area contributed by atoms with Gasteiger partial charge in [0.1, 0.15) is 6.17 Å². The predicted molar refractivity (Wildman–Crippen MR) is 91.4 cm³/mol. The number of aromatic nitrogens is 2. The van der Waals surface area contributed by atoms with Crippen LogP contribution in [0.5, 0.6) is 0 Å². The molecule has 5 nitrogen and oxygen atoms in total. The lowest BCUT2D eigenvalue weighted by atomic mass is 10.00. The minimum atomic E-state index is -0.180. The van der Waals surface area contributed by atoms with Crippen LogP contribution in [0.15, 0.2) is 24.3 Å². The molecular formula is C18H24N4O. The quantitative estimate of drug-likeness (QED) is 0.945. The van der Waals surface area contributed by atoms with E-state index in [2.05, 4.69) is 31.2 Å². The van der Waals surface area contributed by atoms with Gasteiger partial charge in [0.25, 0.3) is 5.91 Å². The van der Waals surface area contributed by atoms with Crippen molar-refractivity contribution < 1.29 is 4.79 Å². The number of amides is 1. The molecule has 0 bridgehead atoms. The molecule has 0 unspecified atom stereocenters. The summed E-state index contributed by atoms with van der Waals surface area (Å²) >= 11 is 0. The number of nitrogens with zero attached hydrogens (tertiary/aromatic N) is 3. The van der Waals surface area contributed by atoms with Gasteiger partial charge in [0, 0.05) is 30.0 Å². The van der Waals surface area contributed by atoms with E-state index in [1.165, 1.54) is 0 Å². The summed E-state index contributed by atoms with van der Waals surface area (Å²) in [7, 11) is 1.94. The van der Waals surface area contributed by atoms with Crippen LogP contribution in [0.3, 0.4) is 0 Å². The highest BCUT2D eigenvalue weighted by molar-refractivity contribution is 6.01. The normalized spacial score (nSPS) is 18.6. The van der Waals surface area contributed by atoms with E-state index < -0.39 is 0 Å². The third-order valence-corrected chi connectivity index (χ3v) is 4.87. The van der Waals surface area contributed by atoms with E-state index in [9.17, 15) is 4.79 Å². The summed E-state index contributed by atoms with van der Waals surface area (Å²) in [6, 6.07) is 7.87. The molecule has 0 radical (unpaired) electrons. The van der Waals surface area contributed by atoms with Crippen molar-refractivity contribution in [3.05, 3.63) is 46.8 Å². The fourth-order valence-corrected chi connectivity index (χ4v) is 3.32. The van der Waals surface area contributed by atoms with Gasteiger partial charge in [-0.3, -0.25) is 9.48 Å². The minimum absolute atomic E-state index is 0.0846. The van der Waals surface area contributed by atoms with Crippen LogP contribution in [-0.2, 0) is 7.05 Å². The Morgan fingerprint density at radius 2 is 2.00 bits per heavy atom. The summed E-state index contributed by atoms with van der Waals surface area (Å²) in [5.74, 6) is 0.0846. The molecule has 0 fully saturated rings. The highest BCUT2D eigenvalue weighted by Crippen LogP contribution is 2.37. The van der Waals surface area contributed by atoms with Crippen molar-refractivity contribution in [2.75, 3.05) is 5.32 Å². The first-order chi connectivity index (χ1) is 11.0. The SMILES string of the molecule is CC[C@H](C)N1C(=O)c2ccccc2N[C@@H]1c1c(C)nn(C)c1C. The van der Waals surface area contributed by atoms with E-state index >= 15 is 0 Å². The Hall–Kier alpha value is -2.30. The monoisotopic (exact) mass is 312 g/mol. The summed E-state index contributed by atoms with van der Waals surface area (Å²) in [6.45, 7) is 8.26. The number of anilines is 1. The van der Waals surface area contributed by atoms with Crippen LogP contribution in [0.1, 0.15) is 53.7 Å². The van der Waals surface area contributed by atoms with Crippen molar-refractivity contribution >= 4 is 11.6 Å². The number of benzene rings is 1. The fraction of sp³-hybridized carbons (Fsp3) is 0.444. The standard InChI is InChI=1S/C18H24N4O/c1-6-11(2)22-17(16-12(3)20-21(5)13(16)4)19-15-10-8-7-9-14(15)18(22)23/h7-11,17,19H,6H2,1-5H3/t11-,17-/m0/s1. The molecule has 2 aromatic rings. The number of hydrogen-bond donors (Lipinski definition) is 1. The van der Waals surface area contributed by atoms with Crippen LogP contribution in [0.4, 0.5) is 5.69 Å². The summed E-state index contributed by atoms with van der Waals surface area (Å²) in [5, 5.41) is 8.08. The van der Waals surface area contributed by atoms with E-state index in [-0.39, 0.29) is 18.1 Å². The maximum Gasteiger partial charge on any atom is 0.258 e. The van der Waals surface area contributed by atoms with Crippen LogP contribution in [0, 0.1) is 13.8 Å². The zero-order chi connectivity index (χ0) is 16.7. The molecule has 2 heterocycles. The molecule has 5 heteroatoms. The van der Waals surface area contributed by atoms with Crippen LogP contribution in [0.25, 0.3) is 0 Å². The van der Waals surface area contributed by atoms with Gasteiger partial charge in [-0.15, -0.1) is 0 Å². The van der Waals surface area contributed by atoms with Crippen molar-refractivity contribution in [1.82, 2.24) is 14.7 Å². The first kappa shape index (κ1) is 15.6. The molecule has 23 heavy (non-hydrogen) atoms. The molecule has 122 valence electrons. The Kier molecular flexibility index (Phi) is 3.88. The van der Waals surface area contributed by atoms with E-state index in [1.54, 1.807) is 0 Å². The van der Waals surface area contributed by atoms with E-state index in [4.69, 9.17) is 0 Å². The van der Waals surface area contributed by atoms with Gasteiger partial charge in [-0.05, 0) is 39.3 Å². The number of rotatable bonds is 3. The molecule has 0 spiro atoms. The van der Waals surface area contributed by atoms with Gasteiger partial charge in [-0.25, -0.2) is 0 Å². The van der Waals surface area contributed by atoms with Gasteiger partial charge in [0.15, 0.2) is 0 Å². The maximum absolute atomic E-state index is 13.1. The number of hydrogen-bond acceptors (Lipinski definition) is 3. The van der Waals surface area contributed by atoms with Crippen LogP contribution < -0.4 is 5.32 Å². The second-order valence-electron chi connectivity index (χ2n) is 6.27. The maximum atomic E-state index is 13.1. The summed E-state index contributed by atoms with van der Waals surface area (Å²) < 4.78 is 1.88. The van der Waals surface area contributed by atoms with Crippen LogP contribution in [0.2, 0.25) is 0 Å². The molecule has 0 saturated heterocycles. The Bertz CT molecular complexity index is 749. The van der Waals surface area contributed by atoms with Crippen molar-refractivity contribution in [3.8, 4) is 0 Å². The topological polar surface area (TPSA) is 50.2 Å². The lowest BCUT2D eigenvalue weighted by Crippen LogP contribution is -2.47. The van der Waals surface area contributed by atoms with Gasteiger partial charge < -0.3 is 10.2 Å². The molecule has 1 aromatic carbocycles. The Balaban J connectivity index is 2.15. The van der Waals surface area contributed by atoms with Crippen molar-refractivity contribution in [3.63, 3.8) is 0 Å². The average Bonchev–Trinajstić information content (AvgIpc) is 2.79. The number of fused-ring (bicyclic) bond motifs is 1. The molecule has 2 atom stereocenters. The van der Waals surface area contributed by atoms with Gasteiger partial charge in [0.2, 0.25) is 0 Å². The lowest BCUT2D eigenvalue weighted by Gasteiger charge is -2.41. The number of para-hydroxylation sites is 1. The summed E-state index contributed by atoms with van der Waals surface area (Å²) in [5.41, 5.74) is 4.77. The third-order valence-electron chi connectivity index (χ3n) is 4.87. The van der Waals surface area contributed by atoms with Crippen molar-refractivity contribution in [1.29, 1.82) is 0 Å². The fourth-order valence-electron chi connectivity index (χ4n) is 3.32. The highest BCUT2D eigenvalue weighted by atomic mass is 16.2. The third kappa shape index (κ3) is 2.40. The number of carbonyl (C=O) groups excluding carboxylic acids is 1. The molecule has 1 aliphatic rings. The van der Waals surface area contributed by atoms with Gasteiger partial charge in [0.05, 0.1) is 11.3 Å². The Morgan fingerprint density at radius 3 is 2.61 bits per heavy atom. The Morgan fingerprint density at radius 1 is 1.30 bits per heavy atom. The zero-order valence-electron chi connectivity index (χ0n) is 14.4. The van der Waals surface area contributed by atoms with Gasteiger partial charge >= 0.3 is 0 Å². The first-order valence-electron chi connectivity index (χ1n) is 8.14. The second-order valence-corrected chi connectivity index (χ2v) is 6.27. The molecular weight excluding hydrogens is 288 g/mol. The molecule has 3 rings (SSSR count). The van der Waals surface area contributed by atoms with Crippen LogP contribution >= 0.6 is 0 Å². The Labute approximate surface area is 137 Å². The second kappa shape index (κ2) is 5.72. The number of nitrogens with one attached hydrogen (secondary N) is 1. The van der Waals surface area contributed by atoms with Crippen LogP contribution in [-0.4, -0.2) is 26.6 Å². The molecule has 0 saturated carbocycles. The number of carbonyl (C=O) groups is 1. The average molecular weight is 312 g/mol. The van der Waals surface area contributed by atoms with E-state index in [1.807, 2.05) is 47.8 Å². The zero-order valence-corrected chi connectivity index (χ0v) is 14.4. The molecule has 0 aliphatic carbocycles. The van der Waals surface area contributed by atoms with E-state index in [0.29, 0.717) is 0 Å². The molecule has 1 aromatic heterocycles. The largest absolute Gasteiger partial charge is 0.361 e. The smallest absolute Gasteiger partial charge is 0.258 e. The predicted octanol–water partition coefficient (Wildman–Crippen LogP) is 3.40. The first-order valence-corrected chi connectivity index (χ1v) is 8.14. The molecule has 1 aliphatic heterocycles. The summed E-state index contributed by atoms with van der Waals surface area (Å²) in [4.78, 5) is 15.0. The van der Waals surface area contributed by atoms with Crippen molar-refractivity contribution in [2.45, 2.75) is 46.3 Å². The highest BCUT2D eigenvalue weighted by Gasteiger charge is 2.37. The van der Waals surface area contributed by atoms with Crippen molar-refractivity contribution in [2.24, 2.45) is 7.05 Å².